The molecule has 12 nitrogen and oxygen atoms in total. The van der Waals surface area contributed by atoms with Crippen molar-refractivity contribution in [2.75, 3.05) is 61.6 Å². The summed E-state index contributed by atoms with van der Waals surface area (Å²) >= 11 is 0. The number of pyridine rings is 2. The molecule has 0 radical (unpaired) electrons. The van der Waals surface area contributed by atoms with Crippen LogP contribution in [0.3, 0.4) is 0 Å². The van der Waals surface area contributed by atoms with Gasteiger partial charge in [0.05, 0.1) is 42.3 Å². The van der Waals surface area contributed by atoms with Crippen molar-refractivity contribution in [3.63, 3.8) is 0 Å². The molecule has 1 aliphatic heterocycles. The first-order chi connectivity index (χ1) is 18.7. The van der Waals surface area contributed by atoms with E-state index in [-0.39, 0.29) is 12.1 Å². The molecule has 1 saturated heterocycles. The van der Waals surface area contributed by atoms with Crippen molar-refractivity contribution in [1.29, 1.82) is 0 Å². The molecule has 3 aromatic rings. The zero-order chi connectivity index (χ0) is 27.4. The lowest BCUT2D eigenvalue weighted by atomic mass is 9.93. The molecule has 5 rings (SSSR count). The second-order valence-electron chi connectivity index (χ2n) is 10.4. The minimum absolute atomic E-state index is 0.0198. The van der Waals surface area contributed by atoms with Crippen LogP contribution in [0.15, 0.2) is 30.7 Å². The van der Waals surface area contributed by atoms with Crippen molar-refractivity contribution in [3.05, 3.63) is 36.3 Å². The van der Waals surface area contributed by atoms with E-state index in [0.717, 1.165) is 63.0 Å². The summed E-state index contributed by atoms with van der Waals surface area (Å²) in [6.07, 6.45) is 9.85. The zero-order valence-electron chi connectivity index (χ0n) is 22.6. The Morgan fingerprint density at radius 1 is 1.05 bits per heavy atom. The monoisotopic (exact) mass is 556 g/mol. The Balaban J connectivity index is 1.29. The third-order valence-corrected chi connectivity index (χ3v) is 7.37. The Labute approximate surface area is 229 Å². The van der Waals surface area contributed by atoms with Gasteiger partial charge in [0.1, 0.15) is 11.9 Å². The molecule has 1 saturated carbocycles. The van der Waals surface area contributed by atoms with Gasteiger partial charge in [-0.3, -0.25) is 9.71 Å². The maximum atomic E-state index is 11.8. The number of anilines is 3. The fourth-order valence-corrected chi connectivity index (χ4v) is 5.48. The largest absolute Gasteiger partial charge is 0.474 e. The van der Waals surface area contributed by atoms with Gasteiger partial charge in [0.25, 0.3) is 0 Å². The molecule has 39 heavy (non-hydrogen) atoms. The predicted octanol–water partition coefficient (Wildman–Crippen LogP) is 2.49. The molecule has 0 bridgehead atoms. The molecule has 0 spiro atoms. The second-order valence-corrected chi connectivity index (χ2v) is 12.2. The third kappa shape index (κ3) is 7.43. The van der Waals surface area contributed by atoms with Crippen LogP contribution < -0.4 is 19.7 Å². The molecular formula is C26H36N8O4S. The summed E-state index contributed by atoms with van der Waals surface area (Å²) in [4.78, 5) is 22.6. The van der Waals surface area contributed by atoms with Crippen LogP contribution in [0.4, 0.5) is 17.5 Å². The molecular weight excluding hydrogens is 520 g/mol. The summed E-state index contributed by atoms with van der Waals surface area (Å²) in [6, 6.07) is 3.92. The zero-order valence-corrected chi connectivity index (χ0v) is 23.4. The molecule has 0 aromatic carbocycles. The van der Waals surface area contributed by atoms with E-state index < -0.39 is 10.0 Å². The van der Waals surface area contributed by atoms with E-state index in [1.165, 1.54) is 6.20 Å². The van der Waals surface area contributed by atoms with Gasteiger partial charge in [-0.2, -0.15) is 4.98 Å². The van der Waals surface area contributed by atoms with Crippen LogP contribution in [0.25, 0.3) is 10.9 Å². The Hall–Kier alpha value is -3.29. The van der Waals surface area contributed by atoms with E-state index >= 15 is 0 Å². The molecule has 13 heteroatoms. The Morgan fingerprint density at radius 2 is 1.77 bits per heavy atom. The van der Waals surface area contributed by atoms with Crippen LogP contribution in [0.1, 0.15) is 31.2 Å². The van der Waals surface area contributed by atoms with Crippen molar-refractivity contribution < 1.29 is 17.9 Å². The van der Waals surface area contributed by atoms with Gasteiger partial charge in [0.15, 0.2) is 0 Å². The Kier molecular flexibility index (Phi) is 8.29. The molecule has 0 atom stereocenters. The summed E-state index contributed by atoms with van der Waals surface area (Å²) in [5, 5.41) is 4.13. The lowest BCUT2D eigenvalue weighted by Crippen LogP contribution is -2.37. The molecule has 2 aliphatic rings. The van der Waals surface area contributed by atoms with E-state index in [1.807, 2.05) is 32.6 Å². The number of nitrogens with zero attached hydrogens (tertiary/aromatic N) is 6. The van der Waals surface area contributed by atoms with Crippen LogP contribution in [0.5, 0.6) is 5.88 Å². The van der Waals surface area contributed by atoms with Gasteiger partial charge in [0, 0.05) is 49.7 Å². The standard InChI is InChI=1S/C26H36N8O4S/c1-33(2)17-18-14-28-26(29-15-18)30-19-4-6-21(7-5-19)38-25-22-12-20(32-39(3,35)36)16-27-23(22)13-24(31-25)34-8-10-37-11-9-34/h12-16,19,21,32H,4-11,17H2,1-3H3,(H,28,29,30). The van der Waals surface area contributed by atoms with Gasteiger partial charge >= 0.3 is 0 Å². The average Bonchev–Trinajstić information content (AvgIpc) is 2.90. The molecule has 1 aliphatic carbocycles. The summed E-state index contributed by atoms with van der Waals surface area (Å²) in [5.41, 5.74) is 2.15. The van der Waals surface area contributed by atoms with Gasteiger partial charge in [-0.1, -0.05) is 0 Å². The van der Waals surface area contributed by atoms with Crippen molar-refractivity contribution in [3.8, 4) is 5.88 Å². The number of hydrogen-bond acceptors (Lipinski definition) is 11. The van der Waals surface area contributed by atoms with E-state index in [0.29, 0.717) is 41.6 Å². The Morgan fingerprint density at radius 3 is 2.44 bits per heavy atom. The quantitative estimate of drug-likeness (QED) is 0.402. The van der Waals surface area contributed by atoms with Crippen LogP contribution in [-0.2, 0) is 21.3 Å². The van der Waals surface area contributed by atoms with Crippen molar-refractivity contribution in [1.82, 2.24) is 24.8 Å². The minimum atomic E-state index is -3.44. The van der Waals surface area contributed by atoms with Crippen LogP contribution in [-0.4, -0.2) is 92.1 Å². The Bertz CT molecular complexity index is 1370. The number of nitrogens with one attached hydrogen (secondary N) is 2. The number of aromatic nitrogens is 4. The number of ether oxygens (including phenoxy) is 2. The molecule has 2 fully saturated rings. The van der Waals surface area contributed by atoms with E-state index in [9.17, 15) is 8.42 Å². The molecule has 4 heterocycles. The smallest absolute Gasteiger partial charge is 0.229 e. The number of sulfonamides is 1. The second kappa shape index (κ2) is 11.8. The van der Waals surface area contributed by atoms with Gasteiger partial charge < -0.3 is 24.6 Å². The van der Waals surface area contributed by atoms with Crippen LogP contribution in [0, 0.1) is 0 Å². The van der Waals surface area contributed by atoms with Gasteiger partial charge in [0.2, 0.25) is 21.9 Å². The first-order valence-electron chi connectivity index (χ1n) is 13.2. The number of rotatable bonds is 9. The van der Waals surface area contributed by atoms with Gasteiger partial charge in [-0.25, -0.2) is 18.4 Å². The molecule has 2 N–H and O–H groups in total. The minimum Gasteiger partial charge on any atom is -0.474 e. The summed E-state index contributed by atoms with van der Waals surface area (Å²) < 4.78 is 38.1. The van der Waals surface area contributed by atoms with Crippen molar-refractivity contribution in [2.24, 2.45) is 0 Å². The van der Waals surface area contributed by atoms with Crippen molar-refractivity contribution in [2.45, 2.75) is 44.4 Å². The number of fused-ring (bicyclic) bond motifs is 1. The molecule has 0 unspecified atom stereocenters. The van der Waals surface area contributed by atoms with E-state index in [4.69, 9.17) is 14.5 Å². The highest BCUT2D eigenvalue weighted by molar-refractivity contribution is 7.92. The number of hydrogen-bond donors (Lipinski definition) is 2. The fourth-order valence-electron chi connectivity index (χ4n) is 4.94. The molecule has 0 amide bonds. The van der Waals surface area contributed by atoms with Crippen molar-refractivity contribution >= 4 is 38.4 Å². The first-order valence-corrected chi connectivity index (χ1v) is 15.1. The highest BCUT2D eigenvalue weighted by Crippen LogP contribution is 2.33. The lowest BCUT2D eigenvalue weighted by molar-refractivity contribution is 0.122. The summed E-state index contributed by atoms with van der Waals surface area (Å²) in [5.74, 6) is 1.89. The topological polar surface area (TPSA) is 135 Å². The predicted molar refractivity (Wildman–Crippen MR) is 151 cm³/mol. The molecule has 210 valence electrons. The SMILES string of the molecule is CN(C)Cc1cnc(NC2CCC(Oc3nc(N4CCOCC4)cc4ncc(NS(C)(=O)=O)cc34)CC2)nc1. The maximum absolute atomic E-state index is 11.8. The first kappa shape index (κ1) is 27.3. The van der Waals surface area contributed by atoms with Gasteiger partial charge in [-0.15, -0.1) is 0 Å². The van der Waals surface area contributed by atoms with E-state index in [2.05, 4.69) is 34.8 Å². The average molecular weight is 557 g/mol. The highest BCUT2D eigenvalue weighted by Gasteiger charge is 2.25. The van der Waals surface area contributed by atoms with E-state index in [1.54, 1.807) is 6.07 Å². The molecule has 3 aromatic heterocycles. The third-order valence-electron chi connectivity index (χ3n) is 6.76. The number of morpholine rings is 1. The van der Waals surface area contributed by atoms with Gasteiger partial charge in [-0.05, 0) is 45.8 Å². The maximum Gasteiger partial charge on any atom is 0.229 e. The fraction of sp³-hybridized carbons (Fsp3) is 0.538. The van der Waals surface area contributed by atoms with Crippen LogP contribution >= 0.6 is 0 Å². The normalized spacial score (nSPS) is 20.3. The lowest BCUT2D eigenvalue weighted by Gasteiger charge is -2.31. The summed E-state index contributed by atoms with van der Waals surface area (Å²) in [6.45, 7) is 3.56. The highest BCUT2D eigenvalue weighted by atomic mass is 32.2. The summed E-state index contributed by atoms with van der Waals surface area (Å²) in [7, 11) is 0.596. The van der Waals surface area contributed by atoms with Crippen LogP contribution in [0.2, 0.25) is 0 Å².